The number of para-hydroxylation sites is 2. The van der Waals surface area contributed by atoms with Crippen molar-refractivity contribution in [1.82, 2.24) is 0 Å². The lowest BCUT2D eigenvalue weighted by molar-refractivity contribution is 0.252. The zero-order valence-corrected chi connectivity index (χ0v) is 24.1. The van der Waals surface area contributed by atoms with Crippen LogP contribution in [0.15, 0.2) is 73.1 Å². The molecule has 0 aromatic heterocycles. The molecule has 4 rings (SSSR count). The summed E-state index contributed by atoms with van der Waals surface area (Å²) in [6, 6.07) is 18.5. The van der Waals surface area contributed by atoms with Crippen LogP contribution in [-0.2, 0) is 0 Å². The van der Waals surface area contributed by atoms with E-state index in [1.807, 2.05) is 0 Å². The van der Waals surface area contributed by atoms with Gasteiger partial charge in [0.05, 0.1) is 0 Å². The second kappa shape index (κ2) is 11.4. The van der Waals surface area contributed by atoms with E-state index in [4.69, 9.17) is 0 Å². The van der Waals surface area contributed by atoms with Gasteiger partial charge < -0.3 is 14.7 Å². The Morgan fingerprint density at radius 1 is 0.579 bits per heavy atom. The van der Waals surface area contributed by atoms with E-state index >= 15 is 0 Å². The van der Waals surface area contributed by atoms with Gasteiger partial charge in [0.2, 0.25) is 0 Å². The maximum atomic E-state index is 13.9. The molecule has 1 unspecified atom stereocenters. The van der Waals surface area contributed by atoms with Gasteiger partial charge in [-0.3, -0.25) is 0 Å². The van der Waals surface area contributed by atoms with Crippen LogP contribution < -0.4 is 9.62 Å². The molecular weight excluding hydrogens is 470 g/mol. The largest absolute Gasteiger partial charge is 0.419 e. The van der Waals surface area contributed by atoms with Gasteiger partial charge in [0.15, 0.2) is 0 Å². The summed E-state index contributed by atoms with van der Waals surface area (Å²) in [5.74, 6) is 0.930. The topological polar surface area (TPSA) is 26.7 Å². The molecule has 1 aliphatic rings. The van der Waals surface area contributed by atoms with Gasteiger partial charge in [-0.15, -0.1) is 0 Å². The summed E-state index contributed by atoms with van der Waals surface area (Å²) in [6.07, 6.45) is 4.23. The molecule has 0 saturated heterocycles. The molecule has 0 aliphatic carbocycles. The number of rotatable bonds is 8. The number of hydrogen-bond acceptors (Lipinski definition) is 3. The van der Waals surface area contributed by atoms with Crippen LogP contribution in [0.1, 0.15) is 113 Å². The van der Waals surface area contributed by atoms with E-state index in [9.17, 15) is 9.50 Å². The van der Waals surface area contributed by atoms with Crippen molar-refractivity contribution in [3.05, 3.63) is 107 Å². The minimum absolute atomic E-state index is 0.307. The molecule has 0 bridgehead atoms. The van der Waals surface area contributed by atoms with Crippen molar-refractivity contribution in [3.8, 4) is 0 Å². The molecule has 38 heavy (non-hydrogen) atoms. The lowest BCUT2D eigenvalue weighted by Gasteiger charge is -2.38. The molecule has 0 fully saturated rings. The molecule has 1 aliphatic heterocycles. The van der Waals surface area contributed by atoms with Gasteiger partial charge in [-0.1, -0.05) is 104 Å². The van der Waals surface area contributed by atoms with E-state index in [2.05, 4.69) is 114 Å². The molecule has 0 saturated carbocycles. The first-order chi connectivity index (χ1) is 18.0. The first kappa shape index (κ1) is 28.0. The normalized spacial score (nSPS) is 14.6. The summed E-state index contributed by atoms with van der Waals surface area (Å²) in [4.78, 5) is 4.50. The van der Waals surface area contributed by atoms with Gasteiger partial charge in [-0.2, -0.15) is 0 Å². The molecule has 200 valence electrons. The van der Waals surface area contributed by atoms with E-state index in [-0.39, 0.29) is 5.82 Å². The molecule has 3 aromatic carbocycles. The fourth-order valence-corrected chi connectivity index (χ4v) is 5.62. The highest BCUT2D eigenvalue weighted by Gasteiger charge is 2.44. The van der Waals surface area contributed by atoms with Crippen molar-refractivity contribution >= 4 is 18.4 Å². The lowest BCUT2D eigenvalue weighted by atomic mass is 9.62. The van der Waals surface area contributed by atoms with Crippen LogP contribution in [-0.4, -0.2) is 12.1 Å². The summed E-state index contributed by atoms with van der Waals surface area (Å²) in [5.41, 5.74) is 7.99. The Bertz CT molecular complexity index is 1160. The zero-order valence-electron chi connectivity index (χ0n) is 24.1. The molecule has 1 N–H and O–H groups in total. The Kier molecular flexibility index (Phi) is 8.37. The van der Waals surface area contributed by atoms with Crippen LogP contribution in [0.4, 0.5) is 15.8 Å². The Morgan fingerprint density at radius 2 is 0.921 bits per heavy atom. The van der Waals surface area contributed by atoms with Crippen LogP contribution >= 0.6 is 0 Å². The maximum absolute atomic E-state index is 13.9. The predicted octanol–water partition coefficient (Wildman–Crippen LogP) is 8.88. The van der Waals surface area contributed by atoms with E-state index in [0.717, 1.165) is 11.4 Å². The summed E-state index contributed by atoms with van der Waals surface area (Å²) in [5, 5.41) is 12.0. The number of aliphatic hydroxyl groups is 1. The molecule has 3 aromatic rings. The second-order valence-corrected chi connectivity index (χ2v) is 11.7. The lowest BCUT2D eigenvalue weighted by Crippen LogP contribution is -2.50. The minimum atomic E-state index is -0.883. The van der Waals surface area contributed by atoms with E-state index in [0.29, 0.717) is 29.2 Å². The van der Waals surface area contributed by atoms with Gasteiger partial charge in [0.25, 0.3) is 0 Å². The van der Waals surface area contributed by atoms with Gasteiger partial charge in [0, 0.05) is 23.8 Å². The van der Waals surface area contributed by atoms with Gasteiger partial charge in [0.1, 0.15) is 11.8 Å². The van der Waals surface area contributed by atoms with Crippen molar-refractivity contribution < 1.29 is 9.50 Å². The molecule has 0 spiro atoms. The smallest absolute Gasteiger partial charge is 0.392 e. The molecule has 0 radical (unpaired) electrons. The Labute approximate surface area is 229 Å². The highest BCUT2D eigenvalue weighted by Crippen LogP contribution is 2.44. The van der Waals surface area contributed by atoms with Crippen LogP contribution in [0.2, 0.25) is 0 Å². The van der Waals surface area contributed by atoms with E-state index < -0.39 is 13.0 Å². The van der Waals surface area contributed by atoms with Crippen molar-refractivity contribution in [2.45, 2.75) is 85.1 Å². The molecule has 0 amide bonds. The van der Waals surface area contributed by atoms with Gasteiger partial charge in [-0.25, -0.2) is 4.39 Å². The summed E-state index contributed by atoms with van der Waals surface area (Å²) >= 11 is 0. The Morgan fingerprint density at radius 3 is 1.24 bits per heavy atom. The van der Waals surface area contributed by atoms with Crippen molar-refractivity contribution in [1.29, 1.82) is 0 Å². The van der Waals surface area contributed by atoms with Crippen molar-refractivity contribution in [2.75, 3.05) is 9.62 Å². The third-order valence-corrected chi connectivity index (χ3v) is 7.65. The predicted molar refractivity (Wildman–Crippen MR) is 160 cm³/mol. The van der Waals surface area contributed by atoms with Crippen molar-refractivity contribution in [2.24, 2.45) is 0 Å². The number of halogens is 1. The summed E-state index contributed by atoms with van der Waals surface area (Å²) in [6.45, 7) is 17.3. The molecule has 1 heterocycles. The third-order valence-electron chi connectivity index (χ3n) is 7.65. The number of hydrogen-bond donors (Lipinski definition) is 1. The first-order valence-electron chi connectivity index (χ1n) is 14.0. The fraction of sp³-hybridized carbons (Fsp3) is 0.394. The van der Waals surface area contributed by atoms with Crippen LogP contribution in [0, 0.1) is 5.82 Å². The average molecular weight is 513 g/mol. The third kappa shape index (κ3) is 5.26. The van der Waals surface area contributed by atoms with E-state index in [1.54, 1.807) is 12.1 Å². The molecule has 3 nitrogen and oxygen atoms in total. The molecule has 5 heteroatoms. The number of aliphatic hydroxyl groups excluding tert-OH is 1. The SMILES string of the molecule is CC(C)c1cccc(C(C)C)c1N1C=CN(c2c(C(C)C)cccc2C(C)C)B1C(O)c1ccc(F)cc1. The number of nitrogens with zero attached hydrogens (tertiary/aromatic N) is 2. The standard InChI is InChI=1S/C33H42BFN2O/c1-21(2)27-11-9-12-28(22(3)4)31(27)36-19-20-37(34(36)33(38)25-15-17-26(35)18-16-25)32-29(23(5)6)13-10-14-30(32)24(7)8/h9-24,33,38H,1-8H3. The number of benzene rings is 3. The average Bonchev–Trinajstić information content (AvgIpc) is 3.32. The maximum Gasteiger partial charge on any atom is 0.419 e. The van der Waals surface area contributed by atoms with Crippen LogP contribution in [0.25, 0.3) is 0 Å². The monoisotopic (exact) mass is 512 g/mol. The van der Waals surface area contributed by atoms with Crippen molar-refractivity contribution in [3.63, 3.8) is 0 Å². The summed E-state index contributed by atoms with van der Waals surface area (Å²) in [7, 11) is 0. The van der Waals surface area contributed by atoms with Gasteiger partial charge >= 0.3 is 6.98 Å². The Balaban J connectivity index is 1.98. The summed E-state index contributed by atoms with van der Waals surface area (Å²) < 4.78 is 13.9. The van der Waals surface area contributed by atoms with Crippen LogP contribution in [0.5, 0.6) is 0 Å². The second-order valence-electron chi connectivity index (χ2n) is 11.7. The zero-order chi connectivity index (χ0) is 27.7. The molecule has 1 atom stereocenters. The van der Waals surface area contributed by atoms with E-state index in [1.165, 1.54) is 34.4 Å². The minimum Gasteiger partial charge on any atom is -0.392 e. The van der Waals surface area contributed by atoms with Gasteiger partial charge in [-0.05, 0) is 63.6 Å². The highest BCUT2D eigenvalue weighted by molar-refractivity contribution is 6.70. The highest BCUT2D eigenvalue weighted by atomic mass is 19.1. The molecular formula is C33H42BFN2O. The quantitative estimate of drug-likeness (QED) is 0.305. The number of anilines is 2. The first-order valence-corrected chi connectivity index (χ1v) is 14.0. The fourth-order valence-electron chi connectivity index (χ4n) is 5.62. The van der Waals surface area contributed by atoms with Crippen LogP contribution in [0.3, 0.4) is 0 Å². The Hall–Kier alpha value is -3.05.